The number of H-pyrrole nitrogens is 1. The van der Waals surface area contributed by atoms with Gasteiger partial charge in [-0.1, -0.05) is 6.92 Å². The zero-order valence-corrected chi connectivity index (χ0v) is 18.0. The maximum absolute atomic E-state index is 10.9. The van der Waals surface area contributed by atoms with Gasteiger partial charge in [0.2, 0.25) is 6.29 Å². The van der Waals surface area contributed by atoms with Crippen LogP contribution in [-0.2, 0) is 17.6 Å². The second-order valence-electron chi connectivity index (χ2n) is 7.75. The van der Waals surface area contributed by atoms with Crippen LogP contribution in [0.3, 0.4) is 0 Å². The fourth-order valence-electron chi connectivity index (χ4n) is 3.78. The van der Waals surface area contributed by atoms with Gasteiger partial charge in [0.05, 0.1) is 23.2 Å². The van der Waals surface area contributed by atoms with Crippen LogP contribution in [0.2, 0.25) is 0 Å². The minimum Gasteiger partial charge on any atom is -0.453 e. The highest BCUT2D eigenvalue weighted by Crippen LogP contribution is 2.37. The highest BCUT2D eigenvalue weighted by molar-refractivity contribution is 7.12. The summed E-state index contributed by atoms with van der Waals surface area (Å²) in [7, 11) is 0. The molecular weight excluding hydrogens is 424 g/mol. The fourth-order valence-corrected chi connectivity index (χ4v) is 4.74. The summed E-state index contributed by atoms with van der Waals surface area (Å²) < 4.78 is 10.8. The Labute approximate surface area is 182 Å². The number of aliphatic hydroxyl groups excluding tert-OH is 4. The van der Waals surface area contributed by atoms with E-state index in [0.717, 1.165) is 16.9 Å². The number of aliphatic hydroxyl groups is 5. The molecule has 1 saturated heterocycles. The molecule has 1 aromatic carbocycles. The lowest BCUT2D eigenvalue weighted by Crippen LogP contribution is -2.69. The topological polar surface area (TPSA) is 148 Å². The molecule has 0 bridgehead atoms. The lowest BCUT2D eigenvalue weighted by atomic mass is 9.95. The average molecular weight is 451 g/mol. The number of nitrogens with one attached hydrogen (secondary N) is 1. The number of aryl methyl sites for hydroxylation is 2. The molecule has 10 heteroatoms. The highest BCUT2D eigenvalue weighted by Gasteiger charge is 2.57. The van der Waals surface area contributed by atoms with Crippen molar-refractivity contribution in [2.75, 3.05) is 6.61 Å². The van der Waals surface area contributed by atoms with Crippen molar-refractivity contribution >= 4 is 22.2 Å². The van der Waals surface area contributed by atoms with Crippen LogP contribution in [0, 0.1) is 6.92 Å². The Hall–Kier alpha value is -2.05. The van der Waals surface area contributed by atoms with E-state index in [1.165, 1.54) is 4.88 Å². The predicted molar refractivity (Wildman–Crippen MR) is 113 cm³/mol. The summed E-state index contributed by atoms with van der Waals surface area (Å²) in [6.45, 7) is 3.27. The van der Waals surface area contributed by atoms with Crippen LogP contribution in [0.1, 0.15) is 27.9 Å². The molecule has 1 aliphatic rings. The van der Waals surface area contributed by atoms with Gasteiger partial charge in [-0.2, -0.15) is 5.10 Å². The number of hydrogen-bond donors (Lipinski definition) is 6. The molecule has 168 valence electrons. The normalized spacial score (nSPS) is 28.9. The largest absolute Gasteiger partial charge is 0.453 e. The number of thiophene rings is 1. The molecule has 9 nitrogen and oxygen atoms in total. The second-order valence-corrected chi connectivity index (χ2v) is 9.01. The first-order valence-corrected chi connectivity index (χ1v) is 10.9. The molecule has 0 spiro atoms. The lowest BCUT2D eigenvalue weighted by molar-refractivity contribution is -0.385. The minimum atomic E-state index is -2.65. The Morgan fingerprint density at radius 2 is 1.97 bits per heavy atom. The van der Waals surface area contributed by atoms with E-state index in [2.05, 4.69) is 23.2 Å². The molecule has 6 N–H and O–H groups in total. The Bertz CT molecular complexity index is 1070. The van der Waals surface area contributed by atoms with Gasteiger partial charge in [0.25, 0.3) is 5.79 Å². The van der Waals surface area contributed by atoms with E-state index in [9.17, 15) is 25.5 Å². The minimum absolute atomic E-state index is 0.171. The second kappa shape index (κ2) is 8.47. The van der Waals surface area contributed by atoms with E-state index in [0.29, 0.717) is 23.0 Å². The van der Waals surface area contributed by atoms with Gasteiger partial charge in [-0.3, -0.25) is 5.10 Å². The van der Waals surface area contributed by atoms with Gasteiger partial charge in [0.1, 0.15) is 18.0 Å². The monoisotopic (exact) mass is 450 g/mol. The third-order valence-electron chi connectivity index (χ3n) is 5.49. The van der Waals surface area contributed by atoms with E-state index < -0.39 is 37.0 Å². The molecule has 3 aromatic rings. The van der Waals surface area contributed by atoms with Crippen molar-refractivity contribution < 1.29 is 35.0 Å². The molecule has 0 amide bonds. The van der Waals surface area contributed by atoms with Crippen LogP contribution in [0.4, 0.5) is 0 Å². The predicted octanol–water partition coefficient (Wildman–Crippen LogP) is 0.585. The summed E-state index contributed by atoms with van der Waals surface area (Å²) in [5, 5.41) is 59.1. The van der Waals surface area contributed by atoms with Crippen molar-refractivity contribution in [2.45, 2.75) is 57.1 Å². The van der Waals surface area contributed by atoms with E-state index >= 15 is 0 Å². The first kappa shape index (κ1) is 22.2. The van der Waals surface area contributed by atoms with Crippen molar-refractivity contribution in [1.29, 1.82) is 0 Å². The van der Waals surface area contributed by atoms with Crippen molar-refractivity contribution in [3.05, 3.63) is 45.3 Å². The quantitative estimate of drug-likeness (QED) is 0.299. The van der Waals surface area contributed by atoms with Crippen LogP contribution in [0.25, 0.3) is 10.9 Å². The molecule has 0 saturated carbocycles. The molecule has 0 radical (unpaired) electrons. The fraction of sp³-hybridized carbons (Fsp3) is 0.476. The number of aromatic amines is 1. The lowest BCUT2D eigenvalue weighted by Gasteiger charge is -2.45. The molecule has 0 unspecified atom stereocenters. The summed E-state index contributed by atoms with van der Waals surface area (Å²) in [5.41, 5.74) is 2.13. The number of aromatic nitrogens is 2. The van der Waals surface area contributed by atoms with Crippen molar-refractivity contribution in [3.63, 3.8) is 0 Å². The van der Waals surface area contributed by atoms with Crippen LogP contribution in [-0.4, -0.2) is 72.7 Å². The number of ether oxygens (including phenoxy) is 2. The van der Waals surface area contributed by atoms with E-state index in [1.54, 1.807) is 17.4 Å². The molecule has 1 aliphatic heterocycles. The van der Waals surface area contributed by atoms with Gasteiger partial charge in [0.15, 0.2) is 6.10 Å². The van der Waals surface area contributed by atoms with Crippen molar-refractivity contribution in [2.24, 2.45) is 0 Å². The van der Waals surface area contributed by atoms with Crippen LogP contribution in [0.5, 0.6) is 5.75 Å². The molecule has 0 aliphatic carbocycles. The third-order valence-corrected chi connectivity index (χ3v) is 6.72. The van der Waals surface area contributed by atoms with E-state index in [1.807, 2.05) is 19.1 Å². The summed E-state index contributed by atoms with van der Waals surface area (Å²) >= 11 is 1.69. The third kappa shape index (κ3) is 3.96. The van der Waals surface area contributed by atoms with Crippen LogP contribution in [0.15, 0.2) is 24.3 Å². The molecule has 1 fully saturated rings. The van der Waals surface area contributed by atoms with Gasteiger partial charge in [-0.15, -0.1) is 11.3 Å². The molecular formula is C21H26N2O7S. The van der Waals surface area contributed by atoms with Crippen molar-refractivity contribution in [1.82, 2.24) is 10.2 Å². The van der Waals surface area contributed by atoms with Crippen LogP contribution < -0.4 is 4.74 Å². The molecule has 4 rings (SSSR count). The first-order valence-electron chi connectivity index (χ1n) is 10.0. The Balaban J connectivity index is 1.72. The number of nitrogens with zero attached hydrogens (tertiary/aromatic N) is 1. The maximum Gasteiger partial charge on any atom is 0.288 e. The highest BCUT2D eigenvalue weighted by atomic mass is 32.1. The number of hydrogen-bond acceptors (Lipinski definition) is 9. The maximum atomic E-state index is 10.9. The molecule has 31 heavy (non-hydrogen) atoms. The zero-order chi connectivity index (χ0) is 22.3. The Kier molecular flexibility index (Phi) is 6.05. The van der Waals surface area contributed by atoms with E-state index in [4.69, 9.17) is 9.47 Å². The average Bonchev–Trinajstić information content (AvgIpc) is 3.36. The first-order chi connectivity index (χ1) is 14.8. The van der Waals surface area contributed by atoms with Gasteiger partial charge in [0, 0.05) is 16.2 Å². The summed E-state index contributed by atoms with van der Waals surface area (Å²) in [6.07, 6.45) is -5.38. The summed E-state index contributed by atoms with van der Waals surface area (Å²) in [6, 6.07) is 7.63. The van der Waals surface area contributed by atoms with Gasteiger partial charge in [-0.25, -0.2) is 0 Å². The molecule has 3 heterocycles. The van der Waals surface area contributed by atoms with Gasteiger partial charge >= 0.3 is 0 Å². The smallest absolute Gasteiger partial charge is 0.288 e. The standard InChI is InChI=1S/C21H26N2O7S/c1-3-11-4-5-12(31-11)8-14-17-13(22-23-14)6-10(2)7-15(17)30-21(28)19(26)18(25)16(9-24)29-20(21)27/h4-7,16,18-20,24-28H,3,8-9H2,1-2H3,(H,22,23)/t16-,18-,19+,20+,21+/m1/s1. The van der Waals surface area contributed by atoms with Crippen LogP contribution >= 0.6 is 11.3 Å². The number of benzene rings is 1. The molecule has 5 atom stereocenters. The summed E-state index contributed by atoms with van der Waals surface area (Å²) in [5.74, 6) is -2.48. The number of fused-ring (bicyclic) bond motifs is 1. The van der Waals surface area contributed by atoms with E-state index in [-0.39, 0.29) is 5.75 Å². The SMILES string of the molecule is CCc1ccc(Cc2n[nH]c3cc(C)cc(O[C@]4(O)[C@@H](O)O[C@H](CO)[C@@H](O)[C@@H]4O)c23)s1. The Morgan fingerprint density at radius 1 is 1.23 bits per heavy atom. The van der Waals surface area contributed by atoms with Crippen molar-refractivity contribution in [3.8, 4) is 5.75 Å². The zero-order valence-electron chi connectivity index (χ0n) is 17.1. The molecule has 2 aromatic heterocycles. The summed E-state index contributed by atoms with van der Waals surface area (Å²) in [4.78, 5) is 2.37. The number of rotatable bonds is 6. The van der Waals surface area contributed by atoms with Gasteiger partial charge < -0.3 is 35.0 Å². The Morgan fingerprint density at radius 3 is 2.65 bits per heavy atom. The van der Waals surface area contributed by atoms with Gasteiger partial charge in [-0.05, 0) is 43.2 Å².